The van der Waals surface area contributed by atoms with Crippen LogP contribution in [-0.2, 0) is 0 Å². The summed E-state index contributed by atoms with van der Waals surface area (Å²) < 4.78 is 12.5. The molecular weight excluding hydrogens is 530 g/mol. The topological polar surface area (TPSA) is 50.5 Å². The van der Waals surface area contributed by atoms with Crippen molar-refractivity contribution < 1.29 is 9.15 Å². The molecular formula is C38H25N3O2. The van der Waals surface area contributed by atoms with Crippen LogP contribution in [0.3, 0.4) is 0 Å². The number of hydrogen-bond donors (Lipinski definition) is 1. The lowest BCUT2D eigenvalue weighted by Crippen LogP contribution is -2.33. The molecule has 0 spiro atoms. The molecule has 1 N–H and O–H groups in total. The maximum Gasteiger partial charge on any atom is 0.196 e. The molecule has 7 aromatic rings. The van der Waals surface area contributed by atoms with Gasteiger partial charge in [0.15, 0.2) is 6.23 Å². The lowest BCUT2D eigenvalue weighted by Gasteiger charge is -2.30. The smallest absolute Gasteiger partial charge is 0.196 e. The summed E-state index contributed by atoms with van der Waals surface area (Å²) in [6.07, 6.45) is 7.72. The van der Waals surface area contributed by atoms with E-state index in [4.69, 9.17) is 9.15 Å². The molecule has 0 saturated carbocycles. The zero-order valence-corrected chi connectivity index (χ0v) is 23.1. The van der Waals surface area contributed by atoms with Crippen LogP contribution >= 0.6 is 0 Å². The molecule has 4 heterocycles. The predicted octanol–water partition coefficient (Wildman–Crippen LogP) is 9.19. The van der Waals surface area contributed by atoms with Gasteiger partial charge in [-0.05, 0) is 70.4 Å². The third kappa shape index (κ3) is 3.82. The van der Waals surface area contributed by atoms with E-state index >= 15 is 0 Å². The number of furan rings is 1. The highest BCUT2D eigenvalue weighted by molar-refractivity contribution is 6.12. The van der Waals surface area contributed by atoms with Crippen LogP contribution in [0.25, 0.3) is 49.4 Å². The molecule has 204 valence electrons. The quantitative estimate of drug-likeness (QED) is 0.235. The lowest BCUT2D eigenvalue weighted by molar-refractivity contribution is 0.253. The van der Waals surface area contributed by atoms with Crippen LogP contribution in [0, 0.1) is 0 Å². The van der Waals surface area contributed by atoms with E-state index in [2.05, 4.69) is 112 Å². The summed E-state index contributed by atoms with van der Waals surface area (Å²) >= 11 is 0. The molecule has 9 rings (SSSR count). The molecule has 5 aromatic carbocycles. The van der Waals surface area contributed by atoms with Gasteiger partial charge in [-0.2, -0.15) is 0 Å². The van der Waals surface area contributed by atoms with Crippen LogP contribution in [0.15, 0.2) is 150 Å². The zero-order valence-electron chi connectivity index (χ0n) is 23.1. The molecule has 5 heteroatoms. The Morgan fingerprint density at radius 3 is 2.56 bits per heavy atom. The second-order valence-electron chi connectivity index (χ2n) is 10.9. The van der Waals surface area contributed by atoms with Gasteiger partial charge in [0.2, 0.25) is 0 Å². The first-order valence-corrected chi connectivity index (χ1v) is 14.4. The molecule has 2 aliphatic rings. The minimum Gasteiger partial charge on any atom is -0.466 e. The van der Waals surface area contributed by atoms with E-state index in [0.29, 0.717) is 0 Å². The van der Waals surface area contributed by atoms with Crippen molar-refractivity contribution in [2.24, 2.45) is 0 Å². The van der Waals surface area contributed by atoms with E-state index in [0.717, 1.165) is 55.9 Å². The van der Waals surface area contributed by atoms with Crippen LogP contribution in [0.4, 0.5) is 11.4 Å². The Bertz CT molecular complexity index is 2260. The van der Waals surface area contributed by atoms with Crippen molar-refractivity contribution in [3.8, 4) is 16.9 Å². The van der Waals surface area contributed by atoms with Crippen molar-refractivity contribution in [2.75, 3.05) is 4.90 Å². The van der Waals surface area contributed by atoms with Crippen molar-refractivity contribution in [1.29, 1.82) is 0 Å². The second-order valence-corrected chi connectivity index (χ2v) is 10.9. The SMILES string of the molecule is C1=C2c3ccccc3OC2NC=C1N(c1ccc2ccc(-c3ccccc3)cc2c1)c1cccc2oc3ccncc3c12. The van der Waals surface area contributed by atoms with E-state index in [1.54, 1.807) is 6.20 Å². The number of dihydropyridines is 1. The molecule has 2 aliphatic heterocycles. The maximum atomic E-state index is 6.28. The summed E-state index contributed by atoms with van der Waals surface area (Å²) in [4.78, 5) is 6.74. The fraction of sp³-hybridized carbons (Fsp3) is 0.0263. The first-order chi connectivity index (χ1) is 21.3. The highest BCUT2D eigenvalue weighted by Gasteiger charge is 2.32. The largest absolute Gasteiger partial charge is 0.466 e. The fourth-order valence-electron chi connectivity index (χ4n) is 6.36. The molecule has 0 amide bonds. The summed E-state index contributed by atoms with van der Waals surface area (Å²) in [5, 5.41) is 7.87. The van der Waals surface area contributed by atoms with Gasteiger partial charge in [-0.25, -0.2) is 0 Å². The molecule has 1 atom stereocenters. The third-order valence-electron chi connectivity index (χ3n) is 8.37. The van der Waals surface area contributed by atoms with Gasteiger partial charge in [-0.1, -0.05) is 72.8 Å². The number of rotatable bonds is 4. The molecule has 0 fully saturated rings. The van der Waals surface area contributed by atoms with Crippen molar-refractivity contribution in [3.05, 3.63) is 151 Å². The lowest BCUT2D eigenvalue weighted by atomic mass is 9.99. The Kier molecular flexibility index (Phi) is 5.19. The predicted molar refractivity (Wildman–Crippen MR) is 173 cm³/mol. The number of para-hydroxylation sites is 1. The standard InChI is InChI=1S/C38H25N3O2/c1-2-7-24(8-3-1)26-14-13-25-15-16-28(20-27(25)19-26)41(29-21-31-30-9-4-5-11-34(30)43-38(31)40-22-29)33-10-6-12-36-37(33)32-23-39-18-17-35(32)42-36/h1-23,38,40H. The monoisotopic (exact) mass is 555 g/mol. The van der Waals surface area contributed by atoms with Crippen molar-refractivity contribution in [3.63, 3.8) is 0 Å². The number of anilines is 2. The Morgan fingerprint density at radius 2 is 1.60 bits per heavy atom. The van der Waals surface area contributed by atoms with Crippen molar-refractivity contribution in [1.82, 2.24) is 10.3 Å². The Labute approximate surface area is 248 Å². The summed E-state index contributed by atoms with van der Waals surface area (Å²) in [7, 11) is 0. The number of nitrogens with one attached hydrogen (secondary N) is 1. The molecule has 2 aromatic heterocycles. The average Bonchev–Trinajstić information content (AvgIpc) is 3.64. The third-order valence-corrected chi connectivity index (χ3v) is 8.37. The maximum absolute atomic E-state index is 6.28. The second kappa shape index (κ2) is 9.36. The highest BCUT2D eigenvalue weighted by Crippen LogP contribution is 2.44. The minimum atomic E-state index is -0.220. The van der Waals surface area contributed by atoms with Gasteiger partial charge < -0.3 is 19.4 Å². The van der Waals surface area contributed by atoms with Crippen LogP contribution in [0.1, 0.15) is 5.56 Å². The van der Waals surface area contributed by atoms with Crippen LogP contribution in [0.5, 0.6) is 5.75 Å². The van der Waals surface area contributed by atoms with Crippen molar-refractivity contribution in [2.45, 2.75) is 6.23 Å². The van der Waals surface area contributed by atoms with Gasteiger partial charge in [0.05, 0.1) is 16.8 Å². The molecule has 0 aliphatic carbocycles. The van der Waals surface area contributed by atoms with Crippen LogP contribution in [0.2, 0.25) is 0 Å². The normalized spacial score (nSPS) is 15.4. The average molecular weight is 556 g/mol. The van der Waals surface area contributed by atoms with Crippen molar-refractivity contribution >= 4 is 49.7 Å². The molecule has 0 saturated heterocycles. The van der Waals surface area contributed by atoms with E-state index < -0.39 is 0 Å². The molecule has 1 unspecified atom stereocenters. The van der Waals surface area contributed by atoms with Gasteiger partial charge in [-0.15, -0.1) is 0 Å². The number of aromatic nitrogens is 1. The molecule has 0 radical (unpaired) electrons. The first kappa shape index (κ1) is 23.9. The molecule has 0 bridgehead atoms. The number of allylic oxidation sites excluding steroid dienone is 1. The number of nitrogens with zero attached hydrogens (tertiary/aromatic N) is 2. The van der Waals surface area contributed by atoms with E-state index in [-0.39, 0.29) is 6.23 Å². The van der Waals surface area contributed by atoms with Crippen LogP contribution in [-0.4, -0.2) is 11.2 Å². The van der Waals surface area contributed by atoms with Crippen LogP contribution < -0.4 is 15.0 Å². The number of hydrogen-bond acceptors (Lipinski definition) is 5. The van der Waals surface area contributed by atoms with Gasteiger partial charge in [-0.3, -0.25) is 4.98 Å². The van der Waals surface area contributed by atoms with E-state index in [1.807, 2.05) is 36.7 Å². The number of pyridine rings is 1. The zero-order chi connectivity index (χ0) is 28.3. The molecule has 43 heavy (non-hydrogen) atoms. The van der Waals surface area contributed by atoms with E-state index in [9.17, 15) is 0 Å². The molecule has 5 nitrogen and oxygen atoms in total. The number of benzene rings is 5. The van der Waals surface area contributed by atoms with Gasteiger partial charge in [0.25, 0.3) is 0 Å². The number of fused-ring (bicyclic) bond motifs is 7. The minimum absolute atomic E-state index is 0.220. The Morgan fingerprint density at radius 1 is 0.721 bits per heavy atom. The summed E-state index contributed by atoms with van der Waals surface area (Å²) in [5.41, 5.74) is 9.28. The Balaban J connectivity index is 1.27. The van der Waals surface area contributed by atoms with Gasteiger partial charge >= 0.3 is 0 Å². The highest BCUT2D eigenvalue weighted by atomic mass is 16.5. The van der Waals surface area contributed by atoms with Gasteiger partial charge in [0.1, 0.15) is 16.9 Å². The van der Waals surface area contributed by atoms with E-state index in [1.165, 1.54) is 21.9 Å². The Hall–Kier alpha value is -5.81. The fourth-order valence-corrected chi connectivity index (χ4v) is 6.36. The summed E-state index contributed by atoms with van der Waals surface area (Å²) in [6, 6.07) is 40.2. The summed E-state index contributed by atoms with van der Waals surface area (Å²) in [5.74, 6) is 0.889. The van der Waals surface area contributed by atoms with Gasteiger partial charge in [0, 0.05) is 40.8 Å². The first-order valence-electron chi connectivity index (χ1n) is 14.4. The number of ether oxygens (including phenoxy) is 1. The summed E-state index contributed by atoms with van der Waals surface area (Å²) in [6.45, 7) is 0.